The first kappa shape index (κ1) is 19.5. The van der Waals surface area contributed by atoms with Crippen LogP contribution in [-0.4, -0.2) is 68.0 Å². The third-order valence-electron chi connectivity index (χ3n) is 3.95. The van der Waals surface area contributed by atoms with Crippen LogP contribution in [0.15, 0.2) is 23.8 Å². The van der Waals surface area contributed by atoms with Crippen molar-refractivity contribution in [1.82, 2.24) is 0 Å². The van der Waals surface area contributed by atoms with Crippen molar-refractivity contribution in [3.05, 3.63) is 29.3 Å². The topological polar surface area (TPSA) is 140 Å². The van der Waals surface area contributed by atoms with Gasteiger partial charge < -0.3 is 40.1 Å². The number of benzene rings is 1. The lowest BCUT2D eigenvalue weighted by Crippen LogP contribution is -2.60. The summed E-state index contributed by atoms with van der Waals surface area (Å²) in [5.74, 6) is -1.10. The highest BCUT2D eigenvalue weighted by molar-refractivity contribution is 5.52. The van der Waals surface area contributed by atoms with Gasteiger partial charge in [0.2, 0.25) is 12.0 Å². The molecule has 1 aromatic carbocycles. The van der Waals surface area contributed by atoms with E-state index in [-0.39, 0.29) is 5.75 Å². The fraction of sp³-hybridized carbons (Fsp3) is 0.529. The van der Waals surface area contributed by atoms with Gasteiger partial charge in [0.1, 0.15) is 24.4 Å². The number of ether oxygens (including phenoxy) is 2. The molecule has 1 fully saturated rings. The summed E-state index contributed by atoms with van der Waals surface area (Å²) in [5, 5.41) is 58.5. The maximum atomic E-state index is 9.99. The van der Waals surface area contributed by atoms with Crippen molar-refractivity contribution in [2.24, 2.45) is 0 Å². The second-order valence-corrected chi connectivity index (χ2v) is 6.26. The molecule has 0 saturated carbocycles. The molecule has 0 aromatic heterocycles. The zero-order valence-electron chi connectivity index (χ0n) is 14.0. The Hall–Kier alpha value is -1.84. The summed E-state index contributed by atoms with van der Waals surface area (Å²) < 4.78 is 10.6. The smallest absolute Gasteiger partial charge is 0.229 e. The summed E-state index contributed by atoms with van der Waals surface area (Å²) in [6, 6.07) is 2.85. The second kappa shape index (κ2) is 8.03. The van der Waals surface area contributed by atoms with E-state index in [2.05, 4.69) is 0 Å². The van der Waals surface area contributed by atoms with Crippen molar-refractivity contribution in [2.75, 3.05) is 6.61 Å². The third-order valence-corrected chi connectivity index (χ3v) is 3.95. The quantitative estimate of drug-likeness (QED) is 0.314. The van der Waals surface area contributed by atoms with Crippen LogP contribution in [-0.2, 0) is 11.2 Å². The van der Waals surface area contributed by atoms with Crippen LogP contribution in [0.5, 0.6) is 17.2 Å². The predicted octanol–water partition coefficient (Wildman–Crippen LogP) is -0.215. The minimum atomic E-state index is -1.61. The van der Waals surface area contributed by atoms with Crippen LogP contribution in [0.4, 0.5) is 0 Å². The van der Waals surface area contributed by atoms with E-state index >= 15 is 0 Å². The summed E-state index contributed by atoms with van der Waals surface area (Å²) in [4.78, 5) is 0. The molecule has 0 aliphatic carbocycles. The van der Waals surface area contributed by atoms with Gasteiger partial charge in [-0.3, -0.25) is 0 Å². The van der Waals surface area contributed by atoms with Crippen LogP contribution in [0, 0.1) is 0 Å². The number of rotatable bonds is 5. The predicted molar refractivity (Wildman–Crippen MR) is 87.3 cm³/mol. The molecular weight excluding hydrogens is 332 g/mol. The molecular formula is C17H24O8. The van der Waals surface area contributed by atoms with Crippen LogP contribution in [0.25, 0.3) is 0 Å². The molecule has 1 aliphatic rings. The summed E-state index contributed by atoms with van der Waals surface area (Å²) >= 11 is 0. The van der Waals surface area contributed by atoms with E-state index in [9.17, 15) is 30.6 Å². The van der Waals surface area contributed by atoms with Gasteiger partial charge in [-0.1, -0.05) is 11.6 Å². The molecule has 0 radical (unpaired) electrons. The molecule has 8 heteroatoms. The number of aliphatic hydroxyl groups is 4. The van der Waals surface area contributed by atoms with Crippen LogP contribution in [0.3, 0.4) is 0 Å². The minimum absolute atomic E-state index is 0.151. The van der Waals surface area contributed by atoms with Gasteiger partial charge in [0.15, 0.2) is 11.5 Å². The Kier molecular flexibility index (Phi) is 6.26. The Morgan fingerprint density at radius 3 is 2.40 bits per heavy atom. The molecule has 5 atom stereocenters. The number of allylic oxidation sites excluding steroid dienone is 2. The normalized spacial score (nSPS) is 29.3. The number of phenols is 2. The van der Waals surface area contributed by atoms with Crippen LogP contribution < -0.4 is 4.74 Å². The van der Waals surface area contributed by atoms with Gasteiger partial charge >= 0.3 is 0 Å². The molecule has 0 spiro atoms. The number of phenolic OH excluding ortho intramolecular Hbond substituents is 2. The Morgan fingerprint density at radius 2 is 1.80 bits per heavy atom. The molecule has 1 saturated heterocycles. The van der Waals surface area contributed by atoms with Crippen molar-refractivity contribution in [3.63, 3.8) is 0 Å². The Morgan fingerprint density at radius 1 is 1.12 bits per heavy atom. The van der Waals surface area contributed by atoms with Crippen molar-refractivity contribution >= 4 is 0 Å². The first-order chi connectivity index (χ1) is 11.7. The molecule has 6 N–H and O–H groups in total. The molecule has 1 aliphatic heterocycles. The lowest BCUT2D eigenvalue weighted by molar-refractivity contribution is -0.277. The SMILES string of the molecule is CC(C)=CCc1cc(O)c(O)c(OC2OC(CO)C(O)C(O)C2O)c1. The lowest BCUT2D eigenvalue weighted by Gasteiger charge is -2.39. The van der Waals surface area contributed by atoms with Gasteiger partial charge in [0, 0.05) is 0 Å². The maximum absolute atomic E-state index is 9.99. The van der Waals surface area contributed by atoms with Gasteiger partial charge in [-0.05, 0) is 38.0 Å². The molecule has 140 valence electrons. The number of hydrogen-bond donors (Lipinski definition) is 6. The first-order valence-corrected chi connectivity index (χ1v) is 7.90. The largest absolute Gasteiger partial charge is 0.504 e. The molecule has 1 aromatic rings. The maximum Gasteiger partial charge on any atom is 0.229 e. The molecule has 5 unspecified atom stereocenters. The van der Waals surface area contributed by atoms with Gasteiger partial charge in [0.05, 0.1) is 6.61 Å². The van der Waals surface area contributed by atoms with E-state index in [1.54, 1.807) is 0 Å². The average molecular weight is 356 g/mol. The Labute approximate surface area is 145 Å². The van der Waals surface area contributed by atoms with Crippen LogP contribution in [0.1, 0.15) is 19.4 Å². The lowest BCUT2D eigenvalue weighted by atomic mass is 9.99. The Bertz CT molecular complexity index is 623. The van der Waals surface area contributed by atoms with Crippen LogP contribution in [0.2, 0.25) is 0 Å². The second-order valence-electron chi connectivity index (χ2n) is 6.26. The van der Waals surface area contributed by atoms with E-state index in [0.717, 1.165) is 5.57 Å². The summed E-state index contributed by atoms with van der Waals surface area (Å²) in [5.41, 5.74) is 1.72. The summed E-state index contributed by atoms with van der Waals surface area (Å²) in [7, 11) is 0. The number of aromatic hydroxyl groups is 2. The highest BCUT2D eigenvalue weighted by atomic mass is 16.7. The molecule has 8 nitrogen and oxygen atoms in total. The Balaban J connectivity index is 2.24. The zero-order valence-corrected chi connectivity index (χ0v) is 14.0. The van der Waals surface area contributed by atoms with Crippen molar-refractivity contribution in [1.29, 1.82) is 0 Å². The van der Waals surface area contributed by atoms with E-state index < -0.39 is 48.8 Å². The fourth-order valence-electron chi connectivity index (χ4n) is 2.47. The zero-order chi connectivity index (χ0) is 18.7. The fourth-order valence-corrected chi connectivity index (χ4v) is 2.47. The molecule has 0 amide bonds. The van der Waals surface area contributed by atoms with E-state index in [0.29, 0.717) is 12.0 Å². The third kappa shape index (κ3) is 4.42. The first-order valence-electron chi connectivity index (χ1n) is 7.90. The van der Waals surface area contributed by atoms with Gasteiger partial charge in [-0.15, -0.1) is 0 Å². The highest BCUT2D eigenvalue weighted by Crippen LogP contribution is 2.38. The van der Waals surface area contributed by atoms with E-state index in [1.807, 2.05) is 19.9 Å². The van der Waals surface area contributed by atoms with E-state index in [4.69, 9.17) is 9.47 Å². The minimum Gasteiger partial charge on any atom is -0.504 e. The summed E-state index contributed by atoms with van der Waals surface area (Å²) in [6.45, 7) is 3.25. The van der Waals surface area contributed by atoms with Gasteiger partial charge in [-0.25, -0.2) is 0 Å². The van der Waals surface area contributed by atoms with Gasteiger partial charge in [-0.2, -0.15) is 0 Å². The molecule has 25 heavy (non-hydrogen) atoms. The molecule has 0 bridgehead atoms. The molecule has 1 heterocycles. The standard InChI is InChI=1S/C17H24O8/c1-8(2)3-4-9-5-10(19)13(20)11(6-9)24-17-16(23)15(22)14(21)12(7-18)25-17/h3,5-6,12,14-23H,4,7H2,1-2H3. The van der Waals surface area contributed by atoms with Crippen molar-refractivity contribution in [3.8, 4) is 17.2 Å². The van der Waals surface area contributed by atoms with E-state index in [1.165, 1.54) is 12.1 Å². The number of aliphatic hydroxyl groups excluding tert-OH is 4. The average Bonchev–Trinajstić information content (AvgIpc) is 2.57. The van der Waals surface area contributed by atoms with Crippen molar-refractivity contribution in [2.45, 2.75) is 51.0 Å². The highest BCUT2D eigenvalue weighted by Gasteiger charge is 2.45. The summed E-state index contributed by atoms with van der Waals surface area (Å²) in [6.07, 6.45) is -4.88. The monoisotopic (exact) mass is 356 g/mol. The van der Waals surface area contributed by atoms with Gasteiger partial charge in [0.25, 0.3) is 0 Å². The van der Waals surface area contributed by atoms with Crippen LogP contribution >= 0.6 is 0 Å². The van der Waals surface area contributed by atoms with Crippen molar-refractivity contribution < 1.29 is 40.1 Å². The molecule has 2 rings (SSSR count). The number of hydrogen-bond acceptors (Lipinski definition) is 8.